The van der Waals surface area contributed by atoms with Crippen LogP contribution in [0.15, 0.2) is 84.6 Å². The first kappa shape index (κ1) is 21.7. The van der Waals surface area contributed by atoms with Crippen molar-refractivity contribution in [2.45, 2.75) is 26.7 Å². The maximum absolute atomic E-state index is 12.7. The third kappa shape index (κ3) is 5.74. The monoisotopic (exact) mass is 410 g/mol. The molecule has 0 aliphatic carbocycles. The highest BCUT2D eigenvalue weighted by atomic mass is 16.1. The van der Waals surface area contributed by atoms with Gasteiger partial charge in [0.25, 0.3) is 5.91 Å². The first-order valence-corrected chi connectivity index (χ1v) is 10.4. The lowest BCUT2D eigenvalue weighted by atomic mass is 10.0. The smallest absolute Gasteiger partial charge is 0.267 e. The highest BCUT2D eigenvalue weighted by Crippen LogP contribution is 2.23. The fourth-order valence-electron chi connectivity index (χ4n) is 3.23. The van der Waals surface area contributed by atoms with E-state index in [0.29, 0.717) is 0 Å². The summed E-state index contributed by atoms with van der Waals surface area (Å²) in [5.41, 5.74) is 5.66. The van der Waals surface area contributed by atoms with E-state index in [-0.39, 0.29) is 5.57 Å². The van der Waals surface area contributed by atoms with E-state index in [4.69, 9.17) is 0 Å². The molecule has 0 atom stereocenters. The zero-order valence-corrected chi connectivity index (χ0v) is 17.8. The Morgan fingerprint density at radius 3 is 2.00 bits per heavy atom. The standard InChI is InChI=1S/C26H26N4O/c1-3-19-9-8-10-20(4-2)25(19)30-26(31)21(17-27)18-28-22-13-15-24(16-14-22)29-23-11-6-5-7-12-23/h5-16,18,28-29H,3-4H2,1-2H3,(H,30,31)/b21-18-. The lowest BCUT2D eigenvalue weighted by Gasteiger charge is -2.14. The normalized spacial score (nSPS) is 10.8. The van der Waals surface area contributed by atoms with Crippen LogP contribution in [-0.2, 0) is 17.6 Å². The molecule has 5 heteroatoms. The van der Waals surface area contributed by atoms with Gasteiger partial charge in [-0.15, -0.1) is 0 Å². The Labute approximate surface area is 183 Å². The van der Waals surface area contributed by atoms with Gasteiger partial charge in [-0.1, -0.05) is 50.2 Å². The summed E-state index contributed by atoms with van der Waals surface area (Å²) < 4.78 is 0. The molecule has 1 amide bonds. The molecule has 0 unspecified atom stereocenters. The van der Waals surface area contributed by atoms with Gasteiger partial charge in [0.1, 0.15) is 11.6 Å². The van der Waals surface area contributed by atoms with Gasteiger partial charge in [0.15, 0.2) is 0 Å². The third-order valence-corrected chi connectivity index (χ3v) is 4.93. The van der Waals surface area contributed by atoms with Gasteiger partial charge in [0.05, 0.1) is 0 Å². The van der Waals surface area contributed by atoms with Gasteiger partial charge in [-0.2, -0.15) is 5.26 Å². The number of nitriles is 1. The Morgan fingerprint density at radius 2 is 1.42 bits per heavy atom. The zero-order chi connectivity index (χ0) is 22.1. The van der Waals surface area contributed by atoms with Gasteiger partial charge in [0.2, 0.25) is 0 Å². The van der Waals surface area contributed by atoms with Crippen molar-refractivity contribution in [2.75, 3.05) is 16.0 Å². The van der Waals surface area contributed by atoms with E-state index in [0.717, 1.165) is 46.7 Å². The number of hydrogen-bond acceptors (Lipinski definition) is 4. The van der Waals surface area contributed by atoms with E-state index >= 15 is 0 Å². The van der Waals surface area contributed by atoms with Gasteiger partial charge in [0, 0.05) is 28.9 Å². The molecule has 156 valence electrons. The molecule has 0 aromatic heterocycles. The molecule has 0 aliphatic heterocycles. The van der Waals surface area contributed by atoms with Crippen LogP contribution in [0.4, 0.5) is 22.7 Å². The third-order valence-electron chi connectivity index (χ3n) is 4.93. The summed E-state index contributed by atoms with van der Waals surface area (Å²) in [6.45, 7) is 4.09. The average molecular weight is 411 g/mol. The Morgan fingerprint density at radius 1 is 0.839 bits per heavy atom. The van der Waals surface area contributed by atoms with Crippen LogP contribution in [0, 0.1) is 11.3 Å². The molecule has 0 saturated heterocycles. The Balaban J connectivity index is 1.68. The Kier molecular flexibility index (Phi) is 7.45. The minimum atomic E-state index is -0.423. The topological polar surface area (TPSA) is 77.0 Å². The molecular formula is C26H26N4O. The second kappa shape index (κ2) is 10.7. The SMILES string of the molecule is CCc1cccc(CC)c1NC(=O)/C(C#N)=C\Nc1ccc(Nc2ccccc2)cc1. The van der Waals surface area contributed by atoms with Crippen molar-refractivity contribution < 1.29 is 4.79 Å². The van der Waals surface area contributed by atoms with Gasteiger partial charge in [-0.3, -0.25) is 4.79 Å². The van der Waals surface area contributed by atoms with Crippen molar-refractivity contribution in [1.29, 1.82) is 5.26 Å². The average Bonchev–Trinajstić information content (AvgIpc) is 2.81. The maximum atomic E-state index is 12.7. The molecular weight excluding hydrogens is 384 g/mol. The summed E-state index contributed by atoms with van der Waals surface area (Å²) in [6, 6.07) is 25.5. The second-order valence-electron chi connectivity index (χ2n) is 7.00. The number of carbonyl (C=O) groups is 1. The van der Waals surface area contributed by atoms with E-state index in [2.05, 4.69) is 16.0 Å². The molecule has 5 nitrogen and oxygen atoms in total. The van der Waals surface area contributed by atoms with Gasteiger partial charge in [-0.25, -0.2) is 0 Å². The predicted molar refractivity (Wildman–Crippen MR) is 127 cm³/mol. The van der Waals surface area contributed by atoms with Gasteiger partial charge >= 0.3 is 0 Å². The lowest BCUT2D eigenvalue weighted by Crippen LogP contribution is -2.17. The first-order chi connectivity index (χ1) is 15.1. The van der Waals surface area contributed by atoms with E-state index in [1.807, 2.05) is 92.7 Å². The van der Waals surface area contributed by atoms with E-state index in [1.165, 1.54) is 6.20 Å². The molecule has 3 rings (SSSR count). The van der Waals surface area contributed by atoms with Crippen molar-refractivity contribution in [2.24, 2.45) is 0 Å². The molecule has 0 fully saturated rings. The van der Waals surface area contributed by atoms with Crippen LogP contribution >= 0.6 is 0 Å². The van der Waals surface area contributed by atoms with Crippen LogP contribution in [0.25, 0.3) is 0 Å². The summed E-state index contributed by atoms with van der Waals surface area (Å²) in [6.07, 6.45) is 3.04. The molecule has 0 heterocycles. The van der Waals surface area contributed by atoms with Crippen LogP contribution in [0.2, 0.25) is 0 Å². The van der Waals surface area contributed by atoms with E-state index in [9.17, 15) is 10.1 Å². The van der Waals surface area contributed by atoms with Crippen molar-refractivity contribution in [3.05, 3.63) is 95.7 Å². The summed E-state index contributed by atoms with van der Waals surface area (Å²) in [5, 5.41) is 18.8. The van der Waals surface area contributed by atoms with Crippen LogP contribution in [0.1, 0.15) is 25.0 Å². The molecule has 0 bridgehead atoms. The van der Waals surface area contributed by atoms with Crippen molar-refractivity contribution in [1.82, 2.24) is 0 Å². The number of amides is 1. The number of hydrogen-bond donors (Lipinski definition) is 3. The zero-order valence-electron chi connectivity index (χ0n) is 17.8. The molecule has 0 saturated carbocycles. The van der Waals surface area contributed by atoms with Crippen LogP contribution in [0.5, 0.6) is 0 Å². The Hall–Kier alpha value is -4.04. The van der Waals surface area contributed by atoms with E-state index < -0.39 is 5.91 Å². The van der Waals surface area contributed by atoms with Crippen molar-refractivity contribution in [3.8, 4) is 6.07 Å². The number of anilines is 4. The molecule has 3 aromatic carbocycles. The highest BCUT2D eigenvalue weighted by Gasteiger charge is 2.14. The summed E-state index contributed by atoms with van der Waals surface area (Å²) in [4.78, 5) is 12.7. The summed E-state index contributed by atoms with van der Waals surface area (Å²) >= 11 is 0. The quantitative estimate of drug-likeness (QED) is 0.314. The van der Waals surface area contributed by atoms with Crippen LogP contribution < -0.4 is 16.0 Å². The molecule has 3 aromatic rings. The van der Waals surface area contributed by atoms with Crippen molar-refractivity contribution in [3.63, 3.8) is 0 Å². The molecule has 0 radical (unpaired) electrons. The van der Waals surface area contributed by atoms with Crippen LogP contribution in [-0.4, -0.2) is 5.91 Å². The minimum Gasteiger partial charge on any atom is -0.360 e. The molecule has 31 heavy (non-hydrogen) atoms. The number of rotatable bonds is 8. The number of carbonyl (C=O) groups excluding carboxylic acids is 1. The number of aryl methyl sites for hydroxylation is 2. The molecule has 0 spiro atoms. The fourth-order valence-corrected chi connectivity index (χ4v) is 3.23. The van der Waals surface area contributed by atoms with Crippen LogP contribution in [0.3, 0.4) is 0 Å². The summed E-state index contributed by atoms with van der Waals surface area (Å²) in [7, 11) is 0. The fraction of sp³-hybridized carbons (Fsp3) is 0.154. The Bertz CT molecular complexity index is 1070. The molecule has 0 aliphatic rings. The van der Waals surface area contributed by atoms with Crippen molar-refractivity contribution >= 4 is 28.7 Å². The number of benzene rings is 3. The second-order valence-corrected chi connectivity index (χ2v) is 7.00. The van der Waals surface area contributed by atoms with Gasteiger partial charge < -0.3 is 16.0 Å². The maximum Gasteiger partial charge on any atom is 0.267 e. The lowest BCUT2D eigenvalue weighted by molar-refractivity contribution is -0.112. The number of nitrogens with zero attached hydrogens (tertiary/aromatic N) is 1. The predicted octanol–water partition coefficient (Wildman–Crippen LogP) is 6.01. The first-order valence-electron chi connectivity index (χ1n) is 10.4. The number of nitrogens with one attached hydrogen (secondary N) is 3. The van der Waals surface area contributed by atoms with Gasteiger partial charge in [-0.05, 0) is 60.4 Å². The minimum absolute atomic E-state index is 0.0134. The molecule has 3 N–H and O–H groups in total. The number of para-hydroxylation sites is 2. The largest absolute Gasteiger partial charge is 0.360 e. The summed E-state index contributed by atoms with van der Waals surface area (Å²) in [5.74, 6) is -0.423. The van der Waals surface area contributed by atoms with E-state index in [1.54, 1.807) is 0 Å². The highest BCUT2D eigenvalue weighted by molar-refractivity contribution is 6.07.